The van der Waals surface area contributed by atoms with Crippen molar-refractivity contribution in [3.63, 3.8) is 0 Å². The van der Waals surface area contributed by atoms with Crippen molar-refractivity contribution in [3.05, 3.63) is 59.2 Å². The van der Waals surface area contributed by atoms with Gasteiger partial charge in [-0.05, 0) is 35.1 Å². The van der Waals surface area contributed by atoms with Crippen molar-refractivity contribution in [2.45, 2.75) is 33.1 Å². The second-order valence-corrected chi connectivity index (χ2v) is 5.91. The van der Waals surface area contributed by atoms with E-state index in [0.29, 0.717) is 11.1 Å². The molecule has 0 amide bonds. The first-order valence-corrected chi connectivity index (χ1v) is 6.35. The summed E-state index contributed by atoms with van der Waals surface area (Å²) in [7, 11) is 0. The van der Waals surface area contributed by atoms with Gasteiger partial charge in [0.2, 0.25) is 0 Å². The Morgan fingerprint density at radius 3 is 2.21 bits per heavy atom. The lowest BCUT2D eigenvalue weighted by Gasteiger charge is -2.20. The van der Waals surface area contributed by atoms with E-state index in [9.17, 15) is 8.78 Å². The Bertz CT molecular complexity index is 584. The lowest BCUT2D eigenvalue weighted by Crippen LogP contribution is -2.10. The first-order chi connectivity index (χ1) is 8.79. The number of rotatable bonds is 1. The standard InChI is InChI=1S/C17H18F2/c1-11-8-14(18)10-15(19)16(11)12-6-5-7-13(9-12)17(2,3)4/h5-10H,1-4H3. The summed E-state index contributed by atoms with van der Waals surface area (Å²) < 4.78 is 27.1. The molecule has 0 aliphatic rings. The maximum Gasteiger partial charge on any atom is 0.134 e. The van der Waals surface area contributed by atoms with Crippen LogP contribution in [0.4, 0.5) is 8.78 Å². The molecule has 0 heterocycles. The van der Waals surface area contributed by atoms with Crippen LogP contribution in [0, 0.1) is 18.6 Å². The minimum absolute atomic E-state index is 0.000418. The summed E-state index contributed by atoms with van der Waals surface area (Å²) in [5.41, 5.74) is 3.02. The van der Waals surface area contributed by atoms with Crippen molar-refractivity contribution >= 4 is 0 Å². The van der Waals surface area contributed by atoms with E-state index in [-0.39, 0.29) is 5.41 Å². The van der Waals surface area contributed by atoms with Crippen LogP contribution < -0.4 is 0 Å². The molecule has 2 aromatic carbocycles. The van der Waals surface area contributed by atoms with E-state index in [2.05, 4.69) is 20.8 Å². The van der Waals surface area contributed by atoms with Crippen molar-refractivity contribution < 1.29 is 8.78 Å². The normalized spacial score (nSPS) is 11.7. The molecule has 100 valence electrons. The van der Waals surface area contributed by atoms with Crippen molar-refractivity contribution in [3.8, 4) is 11.1 Å². The molecule has 0 radical (unpaired) electrons. The second-order valence-electron chi connectivity index (χ2n) is 5.91. The molecule has 0 saturated carbocycles. The maximum atomic E-state index is 14.0. The zero-order valence-electron chi connectivity index (χ0n) is 11.7. The molecule has 2 heteroatoms. The summed E-state index contributed by atoms with van der Waals surface area (Å²) in [5.74, 6) is -1.05. The molecule has 0 aliphatic heterocycles. The third-order valence-corrected chi connectivity index (χ3v) is 3.27. The number of hydrogen-bond acceptors (Lipinski definition) is 0. The lowest BCUT2D eigenvalue weighted by molar-refractivity contribution is 0.582. The fourth-order valence-corrected chi connectivity index (χ4v) is 2.21. The summed E-state index contributed by atoms with van der Waals surface area (Å²) in [4.78, 5) is 0. The fraction of sp³-hybridized carbons (Fsp3) is 0.294. The van der Waals surface area contributed by atoms with Crippen LogP contribution in [0.1, 0.15) is 31.9 Å². The quantitative estimate of drug-likeness (QED) is 0.658. The van der Waals surface area contributed by atoms with Crippen LogP contribution in [0.3, 0.4) is 0 Å². The van der Waals surface area contributed by atoms with Gasteiger partial charge in [-0.1, -0.05) is 45.0 Å². The van der Waals surface area contributed by atoms with E-state index in [1.807, 2.05) is 24.3 Å². The molecule has 0 aromatic heterocycles. The van der Waals surface area contributed by atoms with Gasteiger partial charge in [0.15, 0.2) is 0 Å². The Kier molecular flexibility index (Phi) is 3.44. The van der Waals surface area contributed by atoms with Crippen LogP contribution >= 0.6 is 0 Å². The van der Waals surface area contributed by atoms with Gasteiger partial charge in [0.1, 0.15) is 11.6 Å². The fourth-order valence-electron chi connectivity index (χ4n) is 2.21. The number of halogens is 2. The summed E-state index contributed by atoms with van der Waals surface area (Å²) in [6.07, 6.45) is 0. The van der Waals surface area contributed by atoms with E-state index in [1.165, 1.54) is 6.07 Å². The Morgan fingerprint density at radius 2 is 1.63 bits per heavy atom. The average molecular weight is 260 g/mol. The molecule has 2 rings (SSSR count). The largest absolute Gasteiger partial charge is 0.207 e. The molecule has 0 bridgehead atoms. The van der Waals surface area contributed by atoms with Gasteiger partial charge in [-0.2, -0.15) is 0 Å². The second kappa shape index (κ2) is 4.76. The predicted octanol–water partition coefficient (Wildman–Crippen LogP) is 5.24. The van der Waals surface area contributed by atoms with Gasteiger partial charge >= 0.3 is 0 Å². The first-order valence-electron chi connectivity index (χ1n) is 6.35. The van der Waals surface area contributed by atoms with Gasteiger partial charge in [0, 0.05) is 11.6 Å². The zero-order valence-corrected chi connectivity index (χ0v) is 11.7. The van der Waals surface area contributed by atoms with Crippen molar-refractivity contribution in [2.24, 2.45) is 0 Å². The van der Waals surface area contributed by atoms with E-state index < -0.39 is 11.6 Å². The summed E-state index contributed by atoms with van der Waals surface area (Å²) in [6.45, 7) is 8.06. The Hall–Kier alpha value is -1.70. The average Bonchev–Trinajstić information content (AvgIpc) is 2.26. The molecule has 0 atom stereocenters. The molecule has 0 aliphatic carbocycles. The third kappa shape index (κ3) is 2.83. The minimum atomic E-state index is -0.536. The molecule has 0 N–H and O–H groups in total. The van der Waals surface area contributed by atoms with Crippen LogP contribution in [0.15, 0.2) is 36.4 Å². The molecule has 0 nitrogen and oxygen atoms in total. The highest BCUT2D eigenvalue weighted by molar-refractivity contribution is 5.68. The highest BCUT2D eigenvalue weighted by Crippen LogP contribution is 2.31. The zero-order chi connectivity index (χ0) is 14.2. The van der Waals surface area contributed by atoms with Gasteiger partial charge in [-0.3, -0.25) is 0 Å². The van der Waals surface area contributed by atoms with Crippen LogP contribution in [0.5, 0.6) is 0 Å². The Labute approximate surface area is 113 Å². The van der Waals surface area contributed by atoms with Crippen LogP contribution in [0.25, 0.3) is 11.1 Å². The summed E-state index contributed by atoms with van der Waals surface area (Å²) >= 11 is 0. The molecule has 0 unspecified atom stereocenters. The number of aryl methyl sites for hydroxylation is 1. The highest BCUT2D eigenvalue weighted by atomic mass is 19.1. The Balaban J connectivity index is 2.60. The van der Waals surface area contributed by atoms with Gasteiger partial charge in [-0.15, -0.1) is 0 Å². The molecule has 19 heavy (non-hydrogen) atoms. The number of benzene rings is 2. The molecule has 2 aromatic rings. The lowest BCUT2D eigenvalue weighted by atomic mass is 9.85. The topological polar surface area (TPSA) is 0 Å². The third-order valence-electron chi connectivity index (χ3n) is 3.27. The monoisotopic (exact) mass is 260 g/mol. The summed E-state index contributed by atoms with van der Waals surface area (Å²) in [6, 6.07) is 10.1. The molecule has 0 saturated heterocycles. The van der Waals surface area contributed by atoms with Crippen molar-refractivity contribution in [2.75, 3.05) is 0 Å². The number of hydrogen-bond donors (Lipinski definition) is 0. The molecule has 0 spiro atoms. The smallest absolute Gasteiger partial charge is 0.134 e. The van der Waals surface area contributed by atoms with E-state index in [4.69, 9.17) is 0 Å². The van der Waals surface area contributed by atoms with Crippen LogP contribution in [-0.2, 0) is 5.41 Å². The molecular formula is C17H18F2. The van der Waals surface area contributed by atoms with Crippen molar-refractivity contribution in [1.82, 2.24) is 0 Å². The SMILES string of the molecule is Cc1cc(F)cc(F)c1-c1cccc(C(C)(C)C)c1. The minimum Gasteiger partial charge on any atom is -0.207 e. The van der Waals surface area contributed by atoms with Gasteiger partial charge < -0.3 is 0 Å². The van der Waals surface area contributed by atoms with E-state index >= 15 is 0 Å². The van der Waals surface area contributed by atoms with Crippen LogP contribution in [0.2, 0.25) is 0 Å². The van der Waals surface area contributed by atoms with Crippen LogP contribution in [-0.4, -0.2) is 0 Å². The first kappa shape index (κ1) is 13.7. The van der Waals surface area contributed by atoms with Gasteiger partial charge in [-0.25, -0.2) is 8.78 Å². The van der Waals surface area contributed by atoms with Crippen molar-refractivity contribution in [1.29, 1.82) is 0 Å². The Morgan fingerprint density at radius 1 is 0.947 bits per heavy atom. The van der Waals surface area contributed by atoms with E-state index in [1.54, 1.807) is 6.92 Å². The van der Waals surface area contributed by atoms with Gasteiger partial charge in [0.05, 0.1) is 0 Å². The maximum absolute atomic E-state index is 14.0. The molecular weight excluding hydrogens is 242 g/mol. The predicted molar refractivity (Wildman–Crippen MR) is 75.2 cm³/mol. The van der Waals surface area contributed by atoms with E-state index in [0.717, 1.165) is 17.2 Å². The highest BCUT2D eigenvalue weighted by Gasteiger charge is 2.16. The van der Waals surface area contributed by atoms with Gasteiger partial charge in [0.25, 0.3) is 0 Å². The summed E-state index contributed by atoms with van der Waals surface area (Å²) in [5, 5.41) is 0. The molecule has 0 fully saturated rings.